The molecule has 0 saturated carbocycles. The van der Waals surface area contributed by atoms with Gasteiger partial charge in [0.25, 0.3) is 5.91 Å². The van der Waals surface area contributed by atoms with Crippen molar-refractivity contribution in [2.75, 3.05) is 5.32 Å². The van der Waals surface area contributed by atoms with Gasteiger partial charge in [-0.15, -0.1) is 0 Å². The third-order valence-electron chi connectivity index (χ3n) is 2.80. The molecule has 0 aliphatic carbocycles. The van der Waals surface area contributed by atoms with Crippen LogP contribution in [0.15, 0.2) is 18.2 Å². The van der Waals surface area contributed by atoms with Gasteiger partial charge < -0.3 is 15.2 Å². The van der Waals surface area contributed by atoms with Gasteiger partial charge in [0.2, 0.25) is 0 Å². The van der Waals surface area contributed by atoms with E-state index in [-0.39, 0.29) is 5.02 Å². The van der Waals surface area contributed by atoms with E-state index >= 15 is 0 Å². The van der Waals surface area contributed by atoms with Crippen LogP contribution >= 0.6 is 23.2 Å². The molecular weight excluding hydrogens is 293 g/mol. The predicted octanol–water partition coefficient (Wildman–Crippen LogP) is 2.56. The molecule has 2 atom stereocenters. The number of hydrogen-bond donors (Lipinski definition) is 2. The Morgan fingerprint density at radius 2 is 1.95 bits per heavy atom. The molecule has 0 unspecified atom stereocenters. The molecule has 5 nitrogen and oxygen atoms in total. The van der Waals surface area contributed by atoms with Gasteiger partial charge in [-0.25, -0.2) is 4.79 Å². The number of carboxylic acids is 1. The predicted molar refractivity (Wildman–Crippen MR) is 70.6 cm³/mol. The molecule has 7 heteroatoms. The van der Waals surface area contributed by atoms with E-state index in [4.69, 9.17) is 33.0 Å². The van der Waals surface area contributed by atoms with E-state index in [1.54, 1.807) is 18.2 Å². The minimum Gasteiger partial charge on any atom is -0.479 e. The lowest BCUT2D eigenvalue weighted by atomic mass is 10.2. The van der Waals surface area contributed by atoms with Crippen molar-refractivity contribution < 1.29 is 19.4 Å². The number of rotatable bonds is 3. The Balaban J connectivity index is 2.02. The van der Waals surface area contributed by atoms with E-state index in [1.807, 2.05) is 0 Å². The number of nitrogens with one attached hydrogen (secondary N) is 1. The second kappa shape index (κ2) is 5.77. The van der Waals surface area contributed by atoms with Crippen LogP contribution in [0.5, 0.6) is 0 Å². The minimum atomic E-state index is -1.06. The van der Waals surface area contributed by atoms with Crippen molar-refractivity contribution in [1.29, 1.82) is 0 Å². The first-order valence-corrected chi connectivity index (χ1v) is 6.38. The summed E-state index contributed by atoms with van der Waals surface area (Å²) in [5, 5.41) is 11.9. The molecule has 0 spiro atoms. The SMILES string of the molecule is O=C(Nc1cccc(Cl)c1Cl)[C@@H]1CC[C@H](C(=O)O)O1. The quantitative estimate of drug-likeness (QED) is 0.900. The van der Waals surface area contributed by atoms with Gasteiger partial charge in [0.15, 0.2) is 6.10 Å². The molecule has 19 heavy (non-hydrogen) atoms. The zero-order valence-electron chi connectivity index (χ0n) is 9.73. The van der Waals surface area contributed by atoms with Gasteiger partial charge in [-0.3, -0.25) is 4.79 Å². The van der Waals surface area contributed by atoms with Crippen LogP contribution in [0.4, 0.5) is 5.69 Å². The molecule has 1 aromatic carbocycles. The van der Waals surface area contributed by atoms with Gasteiger partial charge in [0.05, 0.1) is 15.7 Å². The number of benzene rings is 1. The molecule has 1 fully saturated rings. The van der Waals surface area contributed by atoms with E-state index in [1.165, 1.54) is 0 Å². The van der Waals surface area contributed by atoms with Crippen LogP contribution in [0.25, 0.3) is 0 Å². The summed E-state index contributed by atoms with van der Waals surface area (Å²) >= 11 is 11.8. The first kappa shape index (κ1) is 14.1. The number of carbonyl (C=O) groups is 2. The first-order chi connectivity index (χ1) is 8.99. The van der Waals surface area contributed by atoms with Gasteiger partial charge in [0, 0.05) is 0 Å². The maximum Gasteiger partial charge on any atom is 0.332 e. The minimum absolute atomic E-state index is 0.241. The van der Waals surface area contributed by atoms with E-state index in [2.05, 4.69) is 5.32 Å². The number of halogens is 2. The van der Waals surface area contributed by atoms with Crippen molar-refractivity contribution in [2.24, 2.45) is 0 Å². The maximum atomic E-state index is 11.9. The average molecular weight is 304 g/mol. The molecular formula is C12H11Cl2NO4. The van der Waals surface area contributed by atoms with Crippen LogP contribution in [0.1, 0.15) is 12.8 Å². The number of carboxylic acid groups (broad SMARTS) is 1. The lowest BCUT2D eigenvalue weighted by Gasteiger charge is -2.13. The second-order valence-corrected chi connectivity index (χ2v) is 4.90. The zero-order valence-corrected chi connectivity index (χ0v) is 11.2. The smallest absolute Gasteiger partial charge is 0.332 e. The molecule has 0 bridgehead atoms. The molecule has 2 N–H and O–H groups in total. The molecule has 1 saturated heterocycles. The molecule has 1 amide bonds. The average Bonchev–Trinajstić information content (AvgIpc) is 2.84. The van der Waals surface area contributed by atoms with E-state index in [9.17, 15) is 9.59 Å². The van der Waals surface area contributed by atoms with Crippen molar-refractivity contribution in [3.63, 3.8) is 0 Å². The summed E-state index contributed by atoms with van der Waals surface area (Å²) in [5.41, 5.74) is 0.376. The van der Waals surface area contributed by atoms with Gasteiger partial charge >= 0.3 is 5.97 Å². The highest BCUT2D eigenvalue weighted by Gasteiger charge is 2.34. The lowest BCUT2D eigenvalue weighted by Crippen LogP contribution is -2.30. The summed E-state index contributed by atoms with van der Waals surface area (Å²) in [7, 11) is 0. The van der Waals surface area contributed by atoms with Gasteiger partial charge in [-0.2, -0.15) is 0 Å². The summed E-state index contributed by atoms with van der Waals surface area (Å²) in [6.07, 6.45) is -1.03. The van der Waals surface area contributed by atoms with Crippen LogP contribution in [0.2, 0.25) is 10.0 Å². The Labute approximate surface area is 119 Å². The van der Waals surface area contributed by atoms with Crippen LogP contribution < -0.4 is 5.32 Å². The third kappa shape index (κ3) is 3.18. The van der Waals surface area contributed by atoms with Crippen LogP contribution in [-0.4, -0.2) is 29.2 Å². The van der Waals surface area contributed by atoms with Crippen molar-refractivity contribution in [3.05, 3.63) is 28.2 Å². The lowest BCUT2D eigenvalue weighted by molar-refractivity contribution is -0.150. The standard InChI is InChI=1S/C12H11Cl2NO4/c13-6-2-1-3-7(10(6)14)15-11(16)8-4-5-9(19-8)12(17)18/h1-3,8-9H,4-5H2,(H,15,16)(H,17,18)/t8-,9+/m0/s1. The summed E-state index contributed by atoms with van der Waals surface area (Å²) in [5.74, 6) is -1.48. The maximum absolute atomic E-state index is 11.9. The normalized spacial score (nSPS) is 22.2. The Hall–Kier alpha value is -1.30. The fourth-order valence-electron chi connectivity index (χ4n) is 1.83. The Bertz CT molecular complexity index is 520. The van der Waals surface area contributed by atoms with E-state index in [0.717, 1.165) is 0 Å². The number of anilines is 1. The molecule has 102 valence electrons. The largest absolute Gasteiger partial charge is 0.479 e. The van der Waals surface area contributed by atoms with Crippen molar-refractivity contribution in [2.45, 2.75) is 25.0 Å². The molecule has 0 radical (unpaired) electrons. The Morgan fingerprint density at radius 3 is 2.58 bits per heavy atom. The topological polar surface area (TPSA) is 75.6 Å². The number of aliphatic carboxylic acids is 1. The van der Waals surface area contributed by atoms with Gasteiger partial charge in [-0.1, -0.05) is 29.3 Å². The number of amides is 1. The van der Waals surface area contributed by atoms with Crippen LogP contribution in [-0.2, 0) is 14.3 Å². The number of hydrogen-bond acceptors (Lipinski definition) is 3. The van der Waals surface area contributed by atoms with Crippen LogP contribution in [0.3, 0.4) is 0 Å². The van der Waals surface area contributed by atoms with Gasteiger partial charge in [0.1, 0.15) is 6.10 Å². The molecule has 1 aromatic rings. The second-order valence-electron chi connectivity index (χ2n) is 4.12. The van der Waals surface area contributed by atoms with E-state index < -0.39 is 24.1 Å². The third-order valence-corrected chi connectivity index (χ3v) is 3.62. The summed E-state index contributed by atoms with van der Waals surface area (Å²) < 4.78 is 5.14. The summed E-state index contributed by atoms with van der Waals surface area (Å²) in [4.78, 5) is 22.6. The highest BCUT2D eigenvalue weighted by atomic mass is 35.5. The molecule has 1 aliphatic heterocycles. The van der Waals surface area contributed by atoms with E-state index in [0.29, 0.717) is 23.6 Å². The van der Waals surface area contributed by atoms with Crippen molar-refractivity contribution >= 4 is 40.8 Å². The number of ether oxygens (including phenoxy) is 1. The fourth-order valence-corrected chi connectivity index (χ4v) is 2.17. The Morgan fingerprint density at radius 1 is 1.26 bits per heavy atom. The Kier molecular flexibility index (Phi) is 4.29. The monoisotopic (exact) mass is 303 g/mol. The first-order valence-electron chi connectivity index (χ1n) is 5.62. The van der Waals surface area contributed by atoms with Gasteiger partial charge in [-0.05, 0) is 25.0 Å². The molecule has 1 aliphatic rings. The summed E-state index contributed by atoms with van der Waals surface area (Å²) in [6, 6.07) is 4.86. The van der Waals surface area contributed by atoms with Crippen molar-refractivity contribution in [1.82, 2.24) is 0 Å². The summed E-state index contributed by atoms with van der Waals surface area (Å²) in [6.45, 7) is 0. The number of carbonyl (C=O) groups excluding carboxylic acids is 1. The molecule has 2 rings (SSSR count). The highest BCUT2D eigenvalue weighted by molar-refractivity contribution is 6.44. The molecule has 1 heterocycles. The molecule has 0 aromatic heterocycles. The van der Waals surface area contributed by atoms with Crippen LogP contribution in [0, 0.1) is 0 Å². The zero-order chi connectivity index (χ0) is 14.0. The van der Waals surface area contributed by atoms with Crippen molar-refractivity contribution in [3.8, 4) is 0 Å². The fraction of sp³-hybridized carbons (Fsp3) is 0.333. The highest BCUT2D eigenvalue weighted by Crippen LogP contribution is 2.30.